The lowest BCUT2D eigenvalue weighted by atomic mass is 10.2. The van der Waals surface area contributed by atoms with Crippen molar-refractivity contribution >= 4 is 15.9 Å². The molecule has 1 aromatic heterocycles. The van der Waals surface area contributed by atoms with Crippen molar-refractivity contribution in [1.29, 1.82) is 0 Å². The molecule has 1 heterocycles. The summed E-state index contributed by atoms with van der Waals surface area (Å²) in [6, 6.07) is 0. The van der Waals surface area contributed by atoms with E-state index in [0.717, 1.165) is 6.20 Å². The smallest absolute Gasteiger partial charge is 0.402 e. The summed E-state index contributed by atoms with van der Waals surface area (Å²) in [5.74, 6) is -0.998. The summed E-state index contributed by atoms with van der Waals surface area (Å²) in [5, 5.41) is 0. The third kappa shape index (κ3) is 3.03. The molecule has 0 fully saturated rings. The lowest BCUT2D eigenvalue weighted by Gasteiger charge is -2.14. The second-order valence-corrected chi connectivity index (χ2v) is 3.61. The van der Waals surface area contributed by atoms with Gasteiger partial charge in [0.15, 0.2) is 5.75 Å². The summed E-state index contributed by atoms with van der Waals surface area (Å²) in [7, 11) is 0. The Morgan fingerprint density at radius 3 is 2.38 bits per heavy atom. The number of rotatable bonds is 2. The first-order chi connectivity index (χ1) is 7.22. The molecule has 0 aliphatic heterocycles. The highest BCUT2D eigenvalue weighted by Crippen LogP contribution is 2.38. The van der Waals surface area contributed by atoms with Crippen molar-refractivity contribution in [3.05, 3.63) is 21.9 Å². The predicted molar refractivity (Wildman–Crippen MR) is 48.3 cm³/mol. The quantitative estimate of drug-likeness (QED) is 0.771. The van der Waals surface area contributed by atoms with Crippen LogP contribution >= 0.6 is 15.9 Å². The highest BCUT2D eigenvalue weighted by atomic mass is 79.9. The lowest BCUT2D eigenvalue weighted by Crippen LogP contribution is -2.19. The van der Waals surface area contributed by atoms with Crippen LogP contribution in [0.3, 0.4) is 0 Å². The number of hydrogen-bond donors (Lipinski definition) is 0. The van der Waals surface area contributed by atoms with Gasteiger partial charge < -0.3 is 4.74 Å². The van der Waals surface area contributed by atoms with Crippen LogP contribution in [-0.2, 0) is 0 Å². The maximum Gasteiger partial charge on any atom is 0.573 e. The van der Waals surface area contributed by atoms with Gasteiger partial charge in [-0.2, -0.15) is 0 Å². The summed E-state index contributed by atoms with van der Waals surface area (Å²) >= 11 is 2.75. The second kappa shape index (κ2) is 4.52. The minimum absolute atomic E-state index is 0.185. The van der Waals surface area contributed by atoms with Gasteiger partial charge in [0, 0.05) is 6.20 Å². The molecular weight excluding hydrogens is 301 g/mol. The second-order valence-electron chi connectivity index (χ2n) is 2.82. The fourth-order valence-electron chi connectivity index (χ4n) is 0.941. The zero-order valence-corrected chi connectivity index (χ0v) is 9.36. The van der Waals surface area contributed by atoms with Gasteiger partial charge in [0.05, 0.1) is 4.47 Å². The molecule has 0 spiro atoms. The highest BCUT2D eigenvalue weighted by molar-refractivity contribution is 9.10. The molecule has 0 saturated heterocycles. The molecule has 0 unspecified atom stereocenters. The molecule has 8 heteroatoms. The molecule has 0 bridgehead atoms. The fraction of sp³-hybridized carbons (Fsp3) is 0.375. The van der Waals surface area contributed by atoms with E-state index in [4.69, 9.17) is 0 Å². The van der Waals surface area contributed by atoms with Gasteiger partial charge in [-0.3, -0.25) is 4.98 Å². The zero-order valence-electron chi connectivity index (χ0n) is 7.78. The molecule has 16 heavy (non-hydrogen) atoms. The zero-order chi connectivity index (χ0) is 12.5. The maximum atomic E-state index is 12.4. The highest BCUT2D eigenvalue weighted by Gasteiger charge is 2.35. The number of nitrogens with zero attached hydrogens (tertiary/aromatic N) is 1. The molecule has 0 aliphatic carbocycles. The van der Waals surface area contributed by atoms with Crippen LogP contribution in [0.1, 0.15) is 17.7 Å². The fourth-order valence-corrected chi connectivity index (χ4v) is 1.33. The molecular formula is C8H5BrF5NO. The van der Waals surface area contributed by atoms with Gasteiger partial charge in [-0.15, -0.1) is 13.2 Å². The van der Waals surface area contributed by atoms with Crippen molar-refractivity contribution in [1.82, 2.24) is 4.98 Å². The van der Waals surface area contributed by atoms with Crippen molar-refractivity contribution in [2.75, 3.05) is 0 Å². The van der Waals surface area contributed by atoms with E-state index >= 15 is 0 Å². The Morgan fingerprint density at radius 1 is 1.38 bits per heavy atom. The summed E-state index contributed by atoms with van der Waals surface area (Å²) < 4.78 is 64.0. The number of hydrogen-bond acceptors (Lipinski definition) is 2. The number of alkyl halides is 5. The van der Waals surface area contributed by atoms with Crippen LogP contribution in [0, 0.1) is 6.92 Å². The van der Waals surface area contributed by atoms with E-state index in [1.165, 1.54) is 6.92 Å². The van der Waals surface area contributed by atoms with Gasteiger partial charge in [-0.1, -0.05) is 0 Å². The first-order valence-electron chi connectivity index (χ1n) is 3.91. The summed E-state index contributed by atoms with van der Waals surface area (Å²) in [4.78, 5) is 3.22. The average molecular weight is 306 g/mol. The normalized spacial score (nSPS) is 12.0. The first kappa shape index (κ1) is 13.1. The first-order valence-corrected chi connectivity index (χ1v) is 4.70. The van der Waals surface area contributed by atoms with Gasteiger partial charge in [0.25, 0.3) is 6.43 Å². The molecule has 0 aliphatic rings. The van der Waals surface area contributed by atoms with E-state index in [-0.39, 0.29) is 10.0 Å². The molecule has 1 rings (SSSR count). The molecule has 0 radical (unpaired) electrons. The number of ether oxygens (including phenoxy) is 1. The van der Waals surface area contributed by atoms with Gasteiger partial charge >= 0.3 is 6.36 Å². The molecule has 0 atom stereocenters. The Balaban J connectivity index is 3.26. The van der Waals surface area contributed by atoms with Crippen LogP contribution in [0.25, 0.3) is 0 Å². The Labute approximate surface area is 95.6 Å². The van der Waals surface area contributed by atoms with Crippen molar-refractivity contribution < 1.29 is 26.7 Å². The van der Waals surface area contributed by atoms with Crippen LogP contribution < -0.4 is 4.74 Å². The largest absolute Gasteiger partial charge is 0.573 e. The minimum Gasteiger partial charge on any atom is -0.402 e. The Bertz CT molecular complexity index is 393. The van der Waals surface area contributed by atoms with E-state index in [1.54, 1.807) is 0 Å². The van der Waals surface area contributed by atoms with Gasteiger partial charge in [-0.05, 0) is 28.4 Å². The van der Waals surface area contributed by atoms with Crippen molar-refractivity contribution in [3.63, 3.8) is 0 Å². The van der Waals surface area contributed by atoms with E-state index in [9.17, 15) is 22.0 Å². The van der Waals surface area contributed by atoms with Crippen LogP contribution in [0.4, 0.5) is 22.0 Å². The van der Waals surface area contributed by atoms with Crippen molar-refractivity contribution in [2.45, 2.75) is 19.7 Å². The minimum atomic E-state index is -5.04. The maximum absolute atomic E-state index is 12.4. The van der Waals surface area contributed by atoms with Crippen molar-refractivity contribution in [3.8, 4) is 5.75 Å². The molecule has 0 amide bonds. The van der Waals surface area contributed by atoms with Crippen LogP contribution in [0.2, 0.25) is 0 Å². The third-order valence-corrected chi connectivity index (χ3v) is 2.59. The van der Waals surface area contributed by atoms with Gasteiger partial charge in [0.2, 0.25) is 0 Å². The summed E-state index contributed by atoms with van der Waals surface area (Å²) in [6.45, 7) is 1.41. The predicted octanol–water partition coefficient (Wildman–Crippen LogP) is 3.99. The van der Waals surface area contributed by atoms with E-state index < -0.39 is 24.2 Å². The molecule has 0 saturated carbocycles. The van der Waals surface area contributed by atoms with Gasteiger partial charge in [-0.25, -0.2) is 8.78 Å². The standard InChI is InChI=1S/C8H5BrF5NO/c1-3-2-15-5(7(10)11)6(4(3)9)16-8(12,13)14/h2,7H,1H3. The summed E-state index contributed by atoms with van der Waals surface area (Å²) in [5.41, 5.74) is -0.779. The van der Waals surface area contributed by atoms with Gasteiger partial charge in [0.1, 0.15) is 5.69 Å². The van der Waals surface area contributed by atoms with Crippen molar-refractivity contribution in [2.24, 2.45) is 0 Å². The third-order valence-electron chi connectivity index (χ3n) is 1.60. The lowest BCUT2D eigenvalue weighted by molar-refractivity contribution is -0.275. The Hall–Kier alpha value is -0.920. The monoisotopic (exact) mass is 305 g/mol. The molecule has 90 valence electrons. The van der Waals surface area contributed by atoms with E-state index in [2.05, 4.69) is 25.7 Å². The SMILES string of the molecule is Cc1cnc(C(F)F)c(OC(F)(F)F)c1Br. The van der Waals surface area contributed by atoms with Crippen LogP contribution in [-0.4, -0.2) is 11.3 Å². The number of halogens is 6. The number of aromatic nitrogens is 1. The Morgan fingerprint density at radius 2 is 1.94 bits per heavy atom. The number of aryl methyl sites for hydroxylation is 1. The van der Waals surface area contributed by atoms with Crippen LogP contribution in [0.15, 0.2) is 10.7 Å². The Kier molecular flexibility index (Phi) is 3.72. The van der Waals surface area contributed by atoms with E-state index in [1.807, 2.05) is 0 Å². The average Bonchev–Trinajstić information content (AvgIpc) is 2.10. The topological polar surface area (TPSA) is 22.1 Å². The number of pyridine rings is 1. The summed E-state index contributed by atoms with van der Waals surface area (Å²) in [6.07, 6.45) is -7.15. The molecule has 2 nitrogen and oxygen atoms in total. The molecule has 0 N–H and O–H groups in total. The molecule has 0 aromatic carbocycles. The van der Waals surface area contributed by atoms with E-state index in [0.29, 0.717) is 0 Å². The van der Waals surface area contributed by atoms with Crippen LogP contribution in [0.5, 0.6) is 5.75 Å². The molecule has 1 aromatic rings.